The van der Waals surface area contributed by atoms with Gasteiger partial charge in [0.1, 0.15) is 11.8 Å². The number of esters is 1. The summed E-state index contributed by atoms with van der Waals surface area (Å²) in [5.74, 6) is 0.0345. The van der Waals surface area contributed by atoms with Gasteiger partial charge in [-0.3, -0.25) is 9.36 Å². The molecule has 1 atom stereocenters. The van der Waals surface area contributed by atoms with Gasteiger partial charge in [0.05, 0.1) is 29.5 Å². The van der Waals surface area contributed by atoms with Gasteiger partial charge in [0.25, 0.3) is 5.56 Å². The first-order valence-electron chi connectivity index (χ1n) is 14.0. The van der Waals surface area contributed by atoms with Crippen LogP contribution < -0.4 is 24.5 Å². The molecular formula is C35H31N3O4S. The fraction of sp³-hybridized carbons (Fsp3) is 0.171. The van der Waals surface area contributed by atoms with Crippen molar-refractivity contribution in [2.75, 3.05) is 32.7 Å². The summed E-state index contributed by atoms with van der Waals surface area (Å²) in [6.07, 6.45) is 1.87. The van der Waals surface area contributed by atoms with E-state index in [4.69, 9.17) is 14.5 Å². The fourth-order valence-corrected chi connectivity index (χ4v) is 6.47. The lowest BCUT2D eigenvalue weighted by Gasteiger charge is -2.28. The number of hydrogen-bond acceptors (Lipinski definition) is 7. The van der Waals surface area contributed by atoms with Crippen LogP contribution in [0.2, 0.25) is 0 Å². The third kappa shape index (κ3) is 5.15. The Morgan fingerprint density at radius 3 is 2.40 bits per heavy atom. The highest BCUT2D eigenvalue weighted by Gasteiger charge is 2.37. The first-order chi connectivity index (χ1) is 20.9. The molecule has 8 heteroatoms. The highest BCUT2D eigenvalue weighted by atomic mass is 32.1. The predicted octanol–water partition coefficient (Wildman–Crippen LogP) is 5.16. The Morgan fingerprint density at radius 1 is 0.977 bits per heavy atom. The van der Waals surface area contributed by atoms with E-state index in [0.717, 1.165) is 27.6 Å². The van der Waals surface area contributed by atoms with Crippen molar-refractivity contribution in [3.8, 4) is 5.75 Å². The molecule has 5 aromatic rings. The molecule has 0 amide bonds. The van der Waals surface area contributed by atoms with Crippen LogP contribution in [0.4, 0.5) is 5.69 Å². The van der Waals surface area contributed by atoms with Crippen molar-refractivity contribution < 1.29 is 14.3 Å². The summed E-state index contributed by atoms with van der Waals surface area (Å²) in [5.41, 5.74) is 3.94. The number of nitrogens with zero attached hydrogens (tertiary/aromatic N) is 3. The average Bonchev–Trinajstić information content (AvgIpc) is 3.34. The lowest BCUT2D eigenvalue weighted by molar-refractivity contribution is -0.138. The molecule has 0 fully saturated rings. The Bertz CT molecular complexity index is 2040. The molecule has 7 nitrogen and oxygen atoms in total. The zero-order valence-electron chi connectivity index (χ0n) is 24.4. The van der Waals surface area contributed by atoms with Crippen molar-refractivity contribution in [3.05, 3.63) is 133 Å². The van der Waals surface area contributed by atoms with Gasteiger partial charge >= 0.3 is 5.97 Å². The van der Waals surface area contributed by atoms with Crippen LogP contribution in [-0.2, 0) is 9.53 Å². The molecule has 0 spiro atoms. The normalized spacial score (nSPS) is 14.8. The third-order valence-electron chi connectivity index (χ3n) is 7.50. The summed E-state index contributed by atoms with van der Waals surface area (Å²) < 4.78 is 13.7. The van der Waals surface area contributed by atoms with Gasteiger partial charge in [-0.15, -0.1) is 0 Å². The fourth-order valence-electron chi connectivity index (χ4n) is 5.47. The molecule has 0 saturated heterocycles. The van der Waals surface area contributed by atoms with E-state index in [0.29, 0.717) is 26.3 Å². The van der Waals surface area contributed by atoms with E-state index in [1.807, 2.05) is 116 Å². The van der Waals surface area contributed by atoms with Gasteiger partial charge in [0.15, 0.2) is 4.80 Å². The Balaban J connectivity index is 1.70. The standard InChI is InChI=1S/C35H31N3O4S/c1-5-42-34(40)30-31(24-12-7-6-8-13-24)36-35-38(32(30)29-26-14-10-9-11-23(26)17-20-27(29)41-4)33(39)28(43-35)21-22-15-18-25(19-16-22)37(2)3/h6-21,32H,5H2,1-4H3/b28-21-/t32-/m1/s1. The molecule has 2 heterocycles. The molecule has 216 valence electrons. The van der Waals surface area contributed by atoms with Gasteiger partial charge in [-0.2, -0.15) is 0 Å². The number of aromatic nitrogens is 1. The largest absolute Gasteiger partial charge is 0.496 e. The summed E-state index contributed by atoms with van der Waals surface area (Å²) in [7, 11) is 5.57. The van der Waals surface area contributed by atoms with Crippen molar-refractivity contribution in [3.63, 3.8) is 0 Å². The van der Waals surface area contributed by atoms with Crippen LogP contribution in [0.5, 0.6) is 5.75 Å². The van der Waals surface area contributed by atoms with Crippen LogP contribution in [0.1, 0.15) is 29.7 Å². The minimum Gasteiger partial charge on any atom is -0.496 e. The van der Waals surface area contributed by atoms with Crippen molar-refractivity contribution in [1.82, 2.24) is 4.57 Å². The monoisotopic (exact) mass is 589 g/mol. The van der Waals surface area contributed by atoms with Crippen molar-refractivity contribution in [2.24, 2.45) is 4.99 Å². The molecule has 0 radical (unpaired) electrons. The SMILES string of the molecule is CCOC(=O)C1=C(c2ccccc2)N=c2s/c(=C\c3ccc(N(C)C)cc3)c(=O)n2[C@@H]1c1c(OC)ccc2ccccc12. The minimum absolute atomic E-state index is 0.178. The highest BCUT2D eigenvalue weighted by molar-refractivity contribution is 7.07. The molecule has 0 bridgehead atoms. The van der Waals surface area contributed by atoms with Gasteiger partial charge in [-0.25, -0.2) is 9.79 Å². The number of carbonyl (C=O) groups is 1. The molecule has 1 aliphatic heterocycles. The molecule has 0 N–H and O–H groups in total. The van der Waals surface area contributed by atoms with Gasteiger partial charge in [0, 0.05) is 30.9 Å². The second-order valence-corrected chi connectivity index (χ2v) is 11.3. The van der Waals surface area contributed by atoms with Crippen molar-refractivity contribution in [1.29, 1.82) is 0 Å². The number of benzene rings is 4. The number of fused-ring (bicyclic) bond motifs is 2. The van der Waals surface area contributed by atoms with Crippen molar-refractivity contribution >= 4 is 45.5 Å². The van der Waals surface area contributed by atoms with Gasteiger partial charge in [-0.1, -0.05) is 84.1 Å². The lowest BCUT2D eigenvalue weighted by Crippen LogP contribution is -2.40. The lowest BCUT2D eigenvalue weighted by atomic mass is 9.89. The number of anilines is 1. The summed E-state index contributed by atoms with van der Waals surface area (Å²) >= 11 is 1.30. The number of hydrogen-bond donors (Lipinski definition) is 0. The summed E-state index contributed by atoms with van der Waals surface area (Å²) in [5, 5.41) is 1.83. The number of methoxy groups -OCH3 is 1. The van der Waals surface area contributed by atoms with E-state index in [9.17, 15) is 9.59 Å². The predicted molar refractivity (Wildman–Crippen MR) is 172 cm³/mol. The molecule has 4 aromatic carbocycles. The Hall–Kier alpha value is -4.95. The molecule has 43 heavy (non-hydrogen) atoms. The van der Waals surface area contributed by atoms with Crippen molar-refractivity contribution in [2.45, 2.75) is 13.0 Å². The molecule has 0 aliphatic carbocycles. The molecule has 0 unspecified atom stereocenters. The van der Waals surface area contributed by atoms with Crippen LogP contribution in [0.25, 0.3) is 22.5 Å². The summed E-state index contributed by atoms with van der Waals surface area (Å²) in [4.78, 5) is 35.7. The first-order valence-corrected chi connectivity index (χ1v) is 14.8. The van der Waals surface area contributed by atoms with E-state index in [2.05, 4.69) is 0 Å². The molecule has 6 rings (SSSR count). The Kier molecular flexibility index (Phi) is 7.69. The number of ether oxygens (including phenoxy) is 2. The number of carbonyl (C=O) groups excluding carboxylic acids is 1. The zero-order valence-corrected chi connectivity index (χ0v) is 25.2. The maximum Gasteiger partial charge on any atom is 0.338 e. The highest BCUT2D eigenvalue weighted by Crippen LogP contribution is 2.42. The van der Waals surface area contributed by atoms with E-state index >= 15 is 0 Å². The second kappa shape index (κ2) is 11.7. The van der Waals surface area contributed by atoms with Gasteiger partial charge in [0.2, 0.25) is 0 Å². The number of rotatable bonds is 7. The summed E-state index contributed by atoms with van der Waals surface area (Å²) in [6.45, 7) is 1.95. The third-order valence-corrected chi connectivity index (χ3v) is 8.49. The molecule has 1 aliphatic rings. The molecular weight excluding hydrogens is 558 g/mol. The van der Waals surface area contributed by atoms with E-state index in [-0.39, 0.29) is 17.7 Å². The smallest absolute Gasteiger partial charge is 0.338 e. The van der Waals surface area contributed by atoms with E-state index in [1.54, 1.807) is 18.6 Å². The topological polar surface area (TPSA) is 73.1 Å². The Morgan fingerprint density at radius 2 is 1.70 bits per heavy atom. The minimum atomic E-state index is -0.843. The van der Waals surface area contributed by atoms with E-state index < -0.39 is 12.0 Å². The Labute approximate surface area is 253 Å². The van der Waals surface area contributed by atoms with Crippen LogP contribution in [0, 0.1) is 0 Å². The second-order valence-electron chi connectivity index (χ2n) is 10.3. The molecule has 0 saturated carbocycles. The molecule has 1 aromatic heterocycles. The van der Waals surface area contributed by atoms with Crippen LogP contribution in [0.3, 0.4) is 0 Å². The maximum atomic E-state index is 14.3. The first kappa shape index (κ1) is 28.2. The van der Waals surface area contributed by atoms with Crippen LogP contribution in [0.15, 0.2) is 106 Å². The zero-order chi connectivity index (χ0) is 30.1. The van der Waals surface area contributed by atoms with Crippen LogP contribution in [-0.4, -0.2) is 38.3 Å². The quantitative estimate of drug-likeness (QED) is 0.245. The maximum absolute atomic E-state index is 14.3. The van der Waals surface area contributed by atoms with Crippen LogP contribution >= 0.6 is 11.3 Å². The number of thiazole rings is 1. The van der Waals surface area contributed by atoms with Gasteiger partial charge in [-0.05, 0) is 47.5 Å². The van der Waals surface area contributed by atoms with E-state index in [1.165, 1.54) is 11.3 Å². The summed E-state index contributed by atoms with van der Waals surface area (Å²) in [6, 6.07) is 28.5. The van der Waals surface area contributed by atoms with Gasteiger partial charge < -0.3 is 14.4 Å². The average molecular weight is 590 g/mol.